The molecule has 1 saturated carbocycles. The van der Waals surface area contributed by atoms with Gasteiger partial charge in [0, 0.05) is 31.1 Å². The van der Waals surface area contributed by atoms with E-state index < -0.39 is 82.0 Å². The lowest BCUT2D eigenvalue weighted by Crippen LogP contribution is -2.79. The van der Waals surface area contributed by atoms with Crippen LogP contribution in [0.2, 0.25) is 0 Å². The first-order valence-corrected chi connectivity index (χ1v) is 14.8. The van der Waals surface area contributed by atoms with Crippen molar-refractivity contribution in [2.24, 2.45) is 22.7 Å². The van der Waals surface area contributed by atoms with Crippen LogP contribution in [-0.2, 0) is 33.3 Å². The number of fused-ring (bicyclic) bond motifs is 1. The predicted octanol–water partition coefficient (Wildman–Crippen LogP) is 3.56. The molecule has 43 heavy (non-hydrogen) atoms. The molecule has 1 aliphatic heterocycles. The molecule has 2 N–H and O–H groups in total. The number of esters is 3. The van der Waals surface area contributed by atoms with E-state index in [2.05, 4.69) is 0 Å². The summed E-state index contributed by atoms with van der Waals surface area (Å²) in [5, 5.41) is 23.9. The molecule has 0 bridgehead atoms. The molecule has 4 rings (SSSR count). The lowest BCUT2D eigenvalue weighted by atomic mass is 9.46. The van der Waals surface area contributed by atoms with Crippen LogP contribution < -0.4 is 0 Å². The lowest BCUT2D eigenvalue weighted by molar-refractivity contribution is -0.337. The van der Waals surface area contributed by atoms with Gasteiger partial charge < -0.3 is 29.2 Å². The van der Waals surface area contributed by atoms with Gasteiger partial charge in [-0.05, 0) is 43.9 Å². The van der Waals surface area contributed by atoms with E-state index in [1.807, 2.05) is 6.92 Å². The summed E-state index contributed by atoms with van der Waals surface area (Å²) in [6, 6.07) is 8.24. The molecule has 9 unspecified atom stereocenters. The van der Waals surface area contributed by atoms with Crippen molar-refractivity contribution in [3.8, 4) is 0 Å². The largest absolute Gasteiger partial charge is 0.455 e. The highest BCUT2D eigenvalue weighted by atomic mass is 16.6. The van der Waals surface area contributed by atoms with Gasteiger partial charge in [0.25, 0.3) is 0 Å². The fourth-order valence-corrected chi connectivity index (χ4v) is 7.63. The molecule has 0 aromatic heterocycles. The molecule has 1 heterocycles. The fourth-order valence-electron chi connectivity index (χ4n) is 7.63. The highest BCUT2D eigenvalue weighted by molar-refractivity contribution is 5.92. The van der Waals surface area contributed by atoms with Gasteiger partial charge in [-0.2, -0.15) is 0 Å². The van der Waals surface area contributed by atoms with Gasteiger partial charge in [0.1, 0.15) is 17.8 Å². The lowest BCUT2D eigenvalue weighted by Gasteiger charge is -2.66. The van der Waals surface area contributed by atoms with Crippen LogP contribution in [-0.4, -0.2) is 76.1 Å². The second-order valence-corrected chi connectivity index (χ2v) is 13.3. The Morgan fingerprint density at radius 2 is 1.65 bits per heavy atom. The van der Waals surface area contributed by atoms with E-state index >= 15 is 0 Å². The second kappa shape index (κ2) is 11.4. The first-order valence-electron chi connectivity index (χ1n) is 14.8. The van der Waals surface area contributed by atoms with Crippen molar-refractivity contribution in [1.29, 1.82) is 0 Å². The van der Waals surface area contributed by atoms with Crippen molar-refractivity contribution < 1.29 is 48.3 Å². The van der Waals surface area contributed by atoms with Crippen LogP contribution in [0.4, 0.5) is 0 Å². The van der Waals surface area contributed by atoms with E-state index in [9.17, 15) is 29.4 Å². The molecule has 1 aromatic rings. The number of rotatable bonds is 8. The summed E-state index contributed by atoms with van der Waals surface area (Å²) in [7, 11) is 0. The number of hydrogen-bond acceptors (Lipinski definition) is 10. The molecule has 0 amide bonds. The topological polar surface area (TPSA) is 146 Å². The minimum atomic E-state index is -1.95. The van der Waals surface area contributed by atoms with Crippen molar-refractivity contribution in [3.05, 3.63) is 47.5 Å². The number of aliphatic hydroxyl groups is 2. The van der Waals surface area contributed by atoms with Crippen molar-refractivity contribution in [3.63, 3.8) is 0 Å². The third-order valence-electron chi connectivity index (χ3n) is 10.1. The molecule has 1 aromatic carbocycles. The van der Waals surface area contributed by atoms with Crippen LogP contribution in [0.25, 0.3) is 0 Å². The van der Waals surface area contributed by atoms with Gasteiger partial charge >= 0.3 is 17.9 Å². The third-order valence-corrected chi connectivity index (χ3v) is 10.1. The van der Waals surface area contributed by atoms with Gasteiger partial charge in [0.2, 0.25) is 0 Å². The van der Waals surface area contributed by atoms with E-state index in [0.29, 0.717) is 12.0 Å². The number of Topliss-reactive ketones (excluding diaryl/α,β-unsaturated/α-hetero) is 1. The summed E-state index contributed by atoms with van der Waals surface area (Å²) in [6.07, 6.45) is -2.56. The Morgan fingerprint density at radius 1 is 1.02 bits per heavy atom. The molecule has 2 fully saturated rings. The average molecular weight is 601 g/mol. The molecule has 236 valence electrons. The number of carbonyl (C=O) groups excluding carboxylic acids is 4. The summed E-state index contributed by atoms with van der Waals surface area (Å²) in [5.74, 6) is -4.12. The molecule has 3 aliphatic rings. The summed E-state index contributed by atoms with van der Waals surface area (Å²) < 4.78 is 23.7. The van der Waals surface area contributed by atoms with E-state index in [-0.39, 0.29) is 18.6 Å². The summed E-state index contributed by atoms with van der Waals surface area (Å²) in [5.41, 5.74) is -5.10. The van der Waals surface area contributed by atoms with E-state index in [0.717, 1.165) is 0 Å². The number of hydrogen-bond donors (Lipinski definition) is 2. The standard InChI is InChI=1S/C33H44O10/c1-18-15-30(6,7)33(39,16-24(18)36)28(42-29(38)23-12-10-9-11-13-23)26-31(8,27(37)20(3)41-21(4)34)19(2)14-25-32(26,17-40-25)43-22(5)35/h9-13,15,19-20,24-26,28,36,39H,14,16-17H2,1-8H3. The fraction of sp³-hybridized carbons (Fsp3) is 0.636. The molecule has 9 atom stereocenters. The Morgan fingerprint density at radius 3 is 2.19 bits per heavy atom. The van der Waals surface area contributed by atoms with Crippen molar-refractivity contribution in [2.75, 3.05) is 6.61 Å². The Balaban J connectivity index is 2.01. The van der Waals surface area contributed by atoms with Crippen LogP contribution in [0, 0.1) is 22.7 Å². The third kappa shape index (κ3) is 5.42. The van der Waals surface area contributed by atoms with Gasteiger partial charge in [-0.25, -0.2) is 4.79 Å². The smallest absolute Gasteiger partial charge is 0.338 e. The van der Waals surface area contributed by atoms with Crippen molar-refractivity contribution in [1.82, 2.24) is 0 Å². The molecule has 0 spiro atoms. The van der Waals surface area contributed by atoms with Gasteiger partial charge in [-0.3, -0.25) is 14.4 Å². The van der Waals surface area contributed by atoms with Crippen molar-refractivity contribution >= 4 is 23.7 Å². The molecule has 10 nitrogen and oxygen atoms in total. The highest BCUT2D eigenvalue weighted by Crippen LogP contribution is 2.62. The number of carbonyl (C=O) groups is 4. The van der Waals surface area contributed by atoms with Gasteiger partial charge in [-0.15, -0.1) is 0 Å². The predicted molar refractivity (Wildman–Crippen MR) is 155 cm³/mol. The number of ketones is 1. The first kappa shape index (κ1) is 32.8. The summed E-state index contributed by atoms with van der Waals surface area (Å²) >= 11 is 0. The van der Waals surface area contributed by atoms with Crippen LogP contribution in [0.5, 0.6) is 0 Å². The number of ether oxygens (including phenoxy) is 4. The first-order chi connectivity index (χ1) is 19.9. The monoisotopic (exact) mass is 600 g/mol. The quantitative estimate of drug-likeness (QED) is 0.258. The maximum atomic E-state index is 14.5. The molecule has 1 saturated heterocycles. The normalized spacial score (nSPS) is 36.1. The Kier molecular flexibility index (Phi) is 8.74. The van der Waals surface area contributed by atoms with Crippen LogP contribution in [0.1, 0.15) is 78.6 Å². The zero-order valence-electron chi connectivity index (χ0n) is 26.2. The molecular formula is C33H44O10. The minimum Gasteiger partial charge on any atom is -0.455 e. The summed E-state index contributed by atoms with van der Waals surface area (Å²) in [4.78, 5) is 52.9. The van der Waals surface area contributed by atoms with E-state index in [4.69, 9.17) is 18.9 Å². The minimum absolute atomic E-state index is 0.104. The molecule has 2 aliphatic carbocycles. The van der Waals surface area contributed by atoms with Crippen LogP contribution in [0.3, 0.4) is 0 Å². The summed E-state index contributed by atoms with van der Waals surface area (Å²) in [6.45, 7) is 12.6. The highest BCUT2D eigenvalue weighted by Gasteiger charge is 2.75. The van der Waals surface area contributed by atoms with E-state index in [1.165, 1.54) is 20.8 Å². The Bertz CT molecular complexity index is 1300. The second-order valence-electron chi connectivity index (χ2n) is 13.3. The SMILES string of the molecule is CC(=O)OC(C)C(=O)C1(C)C(C)CC2OCC2(OC(C)=O)C1C(OC(=O)c1ccccc1)C1(O)CC(O)C(C)=CC1(C)C. The van der Waals surface area contributed by atoms with Crippen molar-refractivity contribution in [2.45, 2.75) is 104 Å². The average Bonchev–Trinajstić information content (AvgIpc) is 2.91. The van der Waals surface area contributed by atoms with Crippen LogP contribution in [0.15, 0.2) is 42.0 Å². The number of benzene rings is 1. The van der Waals surface area contributed by atoms with E-state index in [1.54, 1.807) is 64.1 Å². The zero-order chi connectivity index (χ0) is 32.1. The molecule has 10 heteroatoms. The zero-order valence-corrected chi connectivity index (χ0v) is 26.2. The Hall–Kier alpha value is -3.08. The molecular weight excluding hydrogens is 556 g/mol. The molecule has 0 radical (unpaired) electrons. The van der Waals surface area contributed by atoms with Gasteiger partial charge in [0.15, 0.2) is 17.5 Å². The van der Waals surface area contributed by atoms with Gasteiger partial charge in [0.05, 0.1) is 24.2 Å². The maximum absolute atomic E-state index is 14.5. The maximum Gasteiger partial charge on any atom is 0.338 e. The van der Waals surface area contributed by atoms with Crippen LogP contribution >= 0.6 is 0 Å². The number of aliphatic hydroxyl groups excluding tert-OH is 1. The van der Waals surface area contributed by atoms with Gasteiger partial charge in [-0.1, -0.05) is 52.0 Å². The Labute approximate surface area is 252 Å².